The van der Waals surface area contributed by atoms with Gasteiger partial charge in [0.1, 0.15) is 21.5 Å². The zero-order valence-corrected chi connectivity index (χ0v) is 33.0. The van der Waals surface area contributed by atoms with Crippen LogP contribution in [-0.4, -0.2) is 62.2 Å². The Kier molecular flexibility index (Phi) is 10.3. The first-order valence-corrected chi connectivity index (χ1v) is 21.4. The Morgan fingerprint density at radius 1 is 0.804 bits per heavy atom. The molecule has 0 amide bonds. The van der Waals surface area contributed by atoms with Crippen molar-refractivity contribution in [3.8, 4) is 0 Å². The standard InChI is InChI=1S/C42H42N2O10S2/c1-5-43-32(28-11-9-13-30-36(55(47,48)49)21-19-34(43)38(28)30)17-15-26-23-27(25-42(24-26,40(45)53-7-3)41(46)54-8-4)16-18-33-29-12-10-14-31-37(56(50,51)52)22-20-35(39(29)31)44(33)6-2/h9-23,32H,5-8,24-25H2,1-4H3,(H,47,48,49)(H,50,51,52)/p+1. The number of hydrogen-bond donors (Lipinski definition) is 3. The zero-order valence-electron chi connectivity index (χ0n) is 31.4. The van der Waals surface area contributed by atoms with Crippen molar-refractivity contribution in [1.82, 2.24) is 4.57 Å². The van der Waals surface area contributed by atoms with Gasteiger partial charge in [0, 0.05) is 50.6 Å². The molecule has 5 aromatic rings. The molecule has 14 heteroatoms. The van der Waals surface area contributed by atoms with Gasteiger partial charge in [0.25, 0.3) is 20.2 Å². The van der Waals surface area contributed by atoms with Crippen molar-refractivity contribution in [3.05, 3.63) is 107 Å². The molecule has 1 aromatic heterocycles. The van der Waals surface area contributed by atoms with E-state index in [1.165, 1.54) is 12.1 Å². The number of nitrogens with zero attached hydrogens (tertiary/aromatic N) is 1. The Morgan fingerprint density at radius 2 is 1.41 bits per heavy atom. The molecule has 2 unspecified atom stereocenters. The lowest BCUT2D eigenvalue weighted by atomic mass is 9.71. The second-order valence-electron chi connectivity index (χ2n) is 14.0. The van der Waals surface area contributed by atoms with Crippen molar-refractivity contribution in [1.29, 1.82) is 0 Å². The van der Waals surface area contributed by atoms with E-state index in [2.05, 4.69) is 0 Å². The number of carbonyl (C=O) groups excluding carboxylic acids is 2. The normalized spacial score (nSPS) is 19.4. The van der Waals surface area contributed by atoms with Gasteiger partial charge in [0.05, 0.1) is 25.1 Å². The maximum atomic E-state index is 13.9. The number of nitrogens with one attached hydrogen (secondary N) is 1. The van der Waals surface area contributed by atoms with E-state index in [-0.39, 0.29) is 41.9 Å². The molecule has 12 nitrogen and oxygen atoms in total. The van der Waals surface area contributed by atoms with Gasteiger partial charge in [0.15, 0.2) is 5.41 Å². The highest BCUT2D eigenvalue weighted by Gasteiger charge is 2.51. The van der Waals surface area contributed by atoms with Gasteiger partial charge in [-0.25, -0.2) is 0 Å². The van der Waals surface area contributed by atoms with E-state index in [0.717, 1.165) is 37.8 Å². The fourth-order valence-corrected chi connectivity index (χ4v) is 9.97. The number of hydrogen-bond acceptors (Lipinski definition) is 8. The van der Waals surface area contributed by atoms with E-state index in [1.807, 2.05) is 60.9 Å². The van der Waals surface area contributed by atoms with Crippen molar-refractivity contribution in [2.24, 2.45) is 5.41 Å². The Hall–Kier alpha value is -5.12. The smallest absolute Gasteiger partial charge is 0.324 e. The highest BCUT2D eigenvalue weighted by atomic mass is 32.2. The molecule has 2 heterocycles. The maximum Gasteiger partial charge on any atom is 0.324 e. The quantitative estimate of drug-likeness (QED) is 0.0873. The van der Waals surface area contributed by atoms with E-state index in [1.54, 1.807) is 50.2 Å². The summed E-state index contributed by atoms with van der Waals surface area (Å²) in [5.41, 5.74) is 2.19. The first kappa shape index (κ1) is 39.1. The second kappa shape index (κ2) is 14.8. The summed E-state index contributed by atoms with van der Waals surface area (Å²) in [7, 11) is -8.96. The summed E-state index contributed by atoms with van der Waals surface area (Å²) >= 11 is 0. The minimum absolute atomic E-state index is 0.000880. The largest absolute Gasteiger partial charge is 0.465 e. The van der Waals surface area contributed by atoms with Crippen molar-refractivity contribution < 1.29 is 49.9 Å². The van der Waals surface area contributed by atoms with E-state index in [9.17, 15) is 35.5 Å². The molecule has 0 radical (unpaired) electrons. The summed E-state index contributed by atoms with van der Waals surface area (Å²) in [4.78, 5) is 28.4. The van der Waals surface area contributed by atoms with E-state index in [4.69, 9.17) is 9.47 Å². The minimum Gasteiger partial charge on any atom is -0.465 e. The van der Waals surface area contributed by atoms with Gasteiger partial charge in [-0.15, -0.1) is 0 Å². The summed E-state index contributed by atoms with van der Waals surface area (Å²) in [5.74, 6) is -1.39. The molecule has 1 aliphatic carbocycles. The lowest BCUT2D eigenvalue weighted by Crippen LogP contribution is -3.05. The van der Waals surface area contributed by atoms with Crippen LogP contribution in [0.15, 0.2) is 106 Å². The SMILES string of the molecule is CCOC(=O)C1(C(=O)OCC)CC(=CC=c2c3cccc4c(S(=O)(=O)O)ccc(c43)n2CC)C=C(C=CC2c3cccc4c(S(=O)(=O)O)ccc(c34)[NH+]2CC)C1. The van der Waals surface area contributed by atoms with Crippen LogP contribution in [0.1, 0.15) is 52.1 Å². The molecule has 2 atom stereocenters. The molecule has 0 saturated carbocycles. The summed E-state index contributed by atoms with van der Waals surface area (Å²) in [6.07, 6.45) is 9.56. The number of carbonyl (C=O) groups is 2. The summed E-state index contributed by atoms with van der Waals surface area (Å²) in [6.45, 7) is 8.67. The summed E-state index contributed by atoms with van der Waals surface area (Å²) in [6, 6.07) is 16.6. The van der Waals surface area contributed by atoms with E-state index >= 15 is 0 Å². The Bertz CT molecular complexity index is 2800. The van der Waals surface area contributed by atoms with Crippen LogP contribution in [0.4, 0.5) is 5.69 Å². The molecule has 3 N–H and O–H groups in total. The highest BCUT2D eigenvalue weighted by Crippen LogP contribution is 2.43. The molecule has 0 spiro atoms. The number of esters is 2. The van der Waals surface area contributed by atoms with Crippen LogP contribution in [0.5, 0.6) is 0 Å². The number of aryl methyl sites for hydroxylation is 1. The molecule has 4 aromatic carbocycles. The van der Waals surface area contributed by atoms with Gasteiger partial charge in [0.2, 0.25) is 0 Å². The molecular formula is C42H43N2O10S2+. The van der Waals surface area contributed by atoms with Crippen LogP contribution in [0.25, 0.3) is 38.5 Å². The lowest BCUT2D eigenvalue weighted by molar-refractivity contribution is -0.852. The molecule has 2 aliphatic rings. The molecule has 7 rings (SSSR count). The van der Waals surface area contributed by atoms with Crippen LogP contribution in [-0.2, 0) is 45.8 Å². The van der Waals surface area contributed by atoms with Crippen molar-refractivity contribution in [3.63, 3.8) is 0 Å². The maximum absolute atomic E-state index is 13.9. The summed E-state index contributed by atoms with van der Waals surface area (Å²) < 4.78 is 82.2. The molecule has 0 bridgehead atoms. The van der Waals surface area contributed by atoms with Crippen LogP contribution in [0, 0.1) is 5.41 Å². The fraction of sp³-hybridized carbons (Fsp3) is 0.286. The minimum atomic E-state index is -4.49. The molecule has 0 fully saturated rings. The number of quaternary nitrogens is 1. The highest BCUT2D eigenvalue weighted by molar-refractivity contribution is 7.86. The van der Waals surface area contributed by atoms with Gasteiger partial charge in [-0.05, 0) is 82.0 Å². The average molecular weight is 800 g/mol. The molecule has 292 valence electrons. The number of benzene rings is 4. The molecular weight excluding hydrogens is 757 g/mol. The van der Waals surface area contributed by atoms with Gasteiger partial charge >= 0.3 is 11.9 Å². The first-order chi connectivity index (χ1) is 26.7. The third-order valence-electron chi connectivity index (χ3n) is 10.9. The monoisotopic (exact) mass is 799 g/mol. The Balaban J connectivity index is 1.39. The number of rotatable bonds is 11. The van der Waals surface area contributed by atoms with Crippen LogP contribution in [0.2, 0.25) is 0 Å². The Labute approximate surface area is 324 Å². The fourth-order valence-electron chi connectivity index (χ4n) is 8.60. The average Bonchev–Trinajstić information content (AvgIpc) is 3.65. The third-order valence-corrected chi connectivity index (χ3v) is 12.7. The molecule has 1 aliphatic heterocycles. The lowest BCUT2D eigenvalue weighted by Gasteiger charge is -2.33. The van der Waals surface area contributed by atoms with Gasteiger partial charge in [-0.3, -0.25) is 23.6 Å². The van der Waals surface area contributed by atoms with Crippen LogP contribution < -0.4 is 10.2 Å². The van der Waals surface area contributed by atoms with Gasteiger partial charge < -0.3 is 14.0 Å². The third kappa shape index (κ3) is 6.54. The number of ether oxygens (including phenoxy) is 2. The first-order valence-electron chi connectivity index (χ1n) is 18.5. The van der Waals surface area contributed by atoms with Crippen molar-refractivity contribution >= 4 is 76.4 Å². The number of aromatic nitrogens is 1. The van der Waals surface area contributed by atoms with Crippen molar-refractivity contribution in [2.75, 3.05) is 19.8 Å². The predicted molar refractivity (Wildman–Crippen MR) is 213 cm³/mol. The predicted octanol–water partition coefficient (Wildman–Crippen LogP) is 5.57. The van der Waals surface area contributed by atoms with E-state index < -0.39 is 37.6 Å². The van der Waals surface area contributed by atoms with Crippen molar-refractivity contribution in [2.45, 2.75) is 62.9 Å². The zero-order chi connectivity index (χ0) is 40.2. The Morgan fingerprint density at radius 3 is 2.02 bits per heavy atom. The topological polar surface area (TPSA) is 171 Å². The molecule has 56 heavy (non-hydrogen) atoms. The molecule has 0 saturated heterocycles. The second-order valence-corrected chi connectivity index (χ2v) is 16.8. The number of likely N-dealkylation sites (N-methyl/N-ethyl adjacent to an activating group) is 1. The van der Waals surface area contributed by atoms with Crippen LogP contribution >= 0.6 is 0 Å². The van der Waals surface area contributed by atoms with E-state index in [0.29, 0.717) is 40.4 Å². The van der Waals surface area contributed by atoms with Gasteiger partial charge in [-0.1, -0.05) is 54.6 Å². The number of allylic oxidation sites excluding steroid dienone is 5. The van der Waals surface area contributed by atoms with Crippen LogP contribution in [0.3, 0.4) is 0 Å². The summed E-state index contributed by atoms with van der Waals surface area (Å²) in [5, 5.41) is 3.80. The van der Waals surface area contributed by atoms with Gasteiger partial charge in [-0.2, -0.15) is 16.8 Å².